The zero-order valence-electron chi connectivity index (χ0n) is 9.41. The molecule has 1 unspecified atom stereocenters. The highest BCUT2D eigenvalue weighted by Crippen LogP contribution is 2.26. The molecule has 1 nitrogen and oxygen atoms in total. The van der Waals surface area contributed by atoms with Crippen molar-refractivity contribution >= 4 is 27.3 Å². The van der Waals surface area contributed by atoms with Crippen molar-refractivity contribution < 1.29 is 4.39 Å². The van der Waals surface area contributed by atoms with Crippen LogP contribution in [-0.4, -0.2) is 0 Å². The summed E-state index contributed by atoms with van der Waals surface area (Å²) in [5.74, 6) is -0.196. The third-order valence-electron chi connectivity index (χ3n) is 2.69. The molecule has 0 spiro atoms. The van der Waals surface area contributed by atoms with Gasteiger partial charge in [0.15, 0.2) is 0 Å². The van der Waals surface area contributed by atoms with Crippen molar-refractivity contribution in [2.24, 2.45) is 5.73 Å². The van der Waals surface area contributed by atoms with Crippen LogP contribution in [-0.2, 0) is 6.42 Å². The monoisotopic (exact) mass is 313 g/mol. The molecule has 2 rings (SSSR count). The molecule has 1 heterocycles. The minimum atomic E-state index is -0.196. The van der Waals surface area contributed by atoms with Crippen molar-refractivity contribution in [2.45, 2.75) is 19.4 Å². The Balaban J connectivity index is 2.21. The van der Waals surface area contributed by atoms with Crippen molar-refractivity contribution in [1.29, 1.82) is 0 Å². The number of nitrogens with two attached hydrogens (primary N) is 1. The summed E-state index contributed by atoms with van der Waals surface area (Å²) < 4.78 is 14.5. The van der Waals surface area contributed by atoms with E-state index in [2.05, 4.69) is 15.9 Å². The van der Waals surface area contributed by atoms with Gasteiger partial charge in [0.2, 0.25) is 0 Å². The minimum Gasteiger partial charge on any atom is -0.323 e. The maximum atomic E-state index is 13.6. The van der Waals surface area contributed by atoms with Gasteiger partial charge in [0.1, 0.15) is 5.82 Å². The number of halogens is 2. The number of thiophene rings is 1. The molecule has 0 aliphatic carbocycles. The summed E-state index contributed by atoms with van der Waals surface area (Å²) in [6.45, 7) is 2.03. The van der Waals surface area contributed by atoms with Gasteiger partial charge in [-0.25, -0.2) is 4.39 Å². The fourth-order valence-corrected chi connectivity index (χ4v) is 3.13. The highest BCUT2D eigenvalue weighted by atomic mass is 79.9. The number of rotatable bonds is 3. The van der Waals surface area contributed by atoms with E-state index >= 15 is 0 Å². The molecular formula is C13H13BrFNS. The summed E-state index contributed by atoms with van der Waals surface area (Å²) in [6, 6.07) is 6.85. The van der Waals surface area contributed by atoms with E-state index in [9.17, 15) is 4.39 Å². The second-order valence-electron chi connectivity index (χ2n) is 4.01. The van der Waals surface area contributed by atoms with E-state index in [0.29, 0.717) is 12.0 Å². The van der Waals surface area contributed by atoms with E-state index in [4.69, 9.17) is 5.73 Å². The molecule has 0 amide bonds. The lowest BCUT2D eigenvalue weighted by Gasteiger charge is -2.12. The summed E-state index contributed by atoms with van der Waals surface area (Å²) in [7, 11) is 0. The fraction of sp³-hybridized carbons (Fsp3) is 0.231. The predicted octanol–water partition coefficient (Wildman–Crippen LogP) is 4.20. The summed E-state index contributed by atoms with van der Waals surface area (Å²) in [4.78, 5) is 1.13. The van der Waals surface area contributed by atoms with Crippen LogP contribution in [0.5, 0.6) is 0 Å². The van der Waals surface area contributed by atoms with Crippen LogP contribution in [0.3, 0.4) is 0 Å². The Hall–Kier alpha value is -0.710. The number of aryl methyl sites for hydroxylation is 1. The van der Waals surface area contributed by atoms with Gasteiger partial charge < -0.3 is 5.73 Å². The number of hydrogen-bond donors (Lipinski definition) is 1. The van der Waals surface area contributed by atoms with Crippen LogP contribution >= 0.6 is 27.3 Å². The molecule has 90 valence electrons. The molecule has 2 aromatic rings. The number of hydrogen-bond acceptors (Lipinski definition) is 2. The molecule has 0 aliphatic heterocycles. The van der Waals surface area contributed by atoms with Gasteiger partial charge >= 0.3 is 0 Å². The predicted molar refractivity (Wildman–Crippen MR) is 73.8 cm³/mol. The molecule has 0 fully saturated rings. The van der Waals surface area contributed by atoms with Crippen molar-refractivity contribution in [3.63, 3.8) is 0 Å². The van der Waals surface area contributed by atoms with Crippen LogP contribution in [0.1, 0.15) is 22.0 Å². The van der Waals surface area contributed by atoms with Crippen LogP contribution in [0.2, 0.25) is 0 Å². The lowest BCUT2D eigenvalue weighted by atomic mass is 10.0. The Morgan fingerprint density at radius 3 is 2.82 bits per heavy atom. The van der Waals surface area contributed by atoms with E-state index in [1.54, 1.807) is 23.5 Å². The first-order valence-electron chi connectivity index (χ1n) is 5.31. The van der Waals surface area contributed by atoms with E-state index in [-0.39, 0.29) is 11.9 Å². The maximum Gasteiger partial charge on any atom is 0.126 e. The summed E-state index contributed by atoms with van der Waals surface area (Å²) in [5, 5.41) is 2.02. The van der Waals surface area contributed by atoms with Gasteiger partial charge in [-0.15, -0.1) is 11.3 Å². The molecule has 0 radical (unpaired) electrons. The van der Waals surface area contributed by atoms with E-state index in [1.807, 2.05) is 18.4 Å². The first-order valence-corrected chi connectivity index (χ1v) is 6.98. The van der Waals surface area contributed by atoms with E-state index < -0.39 is 0 Å². The number of benzene rings is 1. The first-order chi connectivity index (χ1) is 8.08. The van der Waals surface area contributed by atoms with Gasteiger partial charge in [0, 0.05) is 15.4 Å². The third-order valence-corrected chi connectivity index (χ3v) is 4.33. The average Bonchev–Trinajstić information content (AvgIpc) is 2.70. The van der Waals surface area contributed by atoms with Crippen LogP contribution in [0.25, 0.3) is 0 Å². The first kappa shape index (κ1) is 12.7. The van der Waals surface area contributed by atoms with Gasteiger partial charge in [-0.05, 0) is 54.1 Å². The average molecular weight is 314 g/mol. The van der Waals surface area contributed by atoms with Gasteiger partial charge in [-0.3, -0.25) is 0 Å². The minimum absolute atomic E-state index is 0.140. The largest absolute Gasteiger partial charge is 0.323 e. The van der Waals surface area contributed by atoms with Crippen molar-refractivity contribution in [3.8, 4) is 0 Å². The molecule has 0 bridgehead atoms. The lowest BCUT2D eigenvalue weighted by molar-refractivity contribution is 0.594. The lowest BCUT2D eigenvalue weighted by Crippen LogP contribution is -2.13. The zero-order chi connectivity index (χ0) is 12.4. The Kier molecular flexibility index (Phi) is 3.97. The Labute approximate surface area is 113 Å². The molecule has 1 atom stereocenters. The normalized spacial score (nSPS) is 12.7. The van der Waals surface area contributed by atoms with Gasteiger partial charge in [0.05, 0.1) is 0 Å². The van der Waals surface area contributed by atoms with Crippen molar-refractivity contribution in [3.05, 3.63) is 55.9 Å². The highest BCUT2D eigenvalue weighted by Gasteiger charge is 2.13. The molecule has 0 saturated carbocycles. The molecule has 2 N–H and O–H groups in total. The van der Waals surface area contributed by atoms with Gasteiger partial charge in [-0.1, -0.05) is 15.9 Å². The van der Waals surface area contributed by atoms with E-state index in [0.717, 1.165) is 9.35 Å². The Bertz CT molecular complexity index is 524. The standard InChI is InChI=1S/C13H13BrFNS/c1-8-4-5-17-13(8)12(16)7-9-6-10(14)2-3-11(9)15/h2-6,12H,7,16H2,1H3. The van der Waals surface area contributed by atoms with Crippen LogP contribution in [0.15, 0.2) is 34.1 Å². The van der Waals surface area contributed by atoms with Crippen LogP contribution < -0.4 is 5.73 Å². The maximum absolute atomic E-state index is 13.6. The smallest absolute Gasteiger partial charge is 0.126 e. The molecular weight excluding hydrogens is 301 g/mol. The summed E-state index contributed by atoms with van der Waals surface area (Å²) >= 11 is 4.97. The van der Waals surface area contributed by atoms with Crippen molar-refractivity contribution in [1.82, 2.24) is 0 Å². The quantitative estimate of drug-likeness (QED) is 0.903. The van der Waals surface area contributed by atoms with Gasteiger partial charge in [0.25, 0.3) is 0 Å². The zero-order valence-corrected chi connectivity index (χ0v) is 11.8. The van der Waals surface area contributed by atoms with Crippen molar-refractivity contribution in [2.75, 3.05) is 0 Å². The highest BCUT2D eigenvalue weighted by molar-refractivity contribution is 9.10. The third kappa shape index (κ3) is 2.94. The second-order valence-corrected chi connectivity index (χ2v) is 5.88. The van der Waals surface area contributed by atoms with Crippen LogP contribution in [0, 0.1) is 12.7 Å². The fourth-order valence-electron chi connectivity index (χ4n) is 1.79. The van der Waals surface area contributed by atoms with Gasteiger partial charge in [-0.2, -0.15) is 0 Å². The molecule has 17 heavy (non-hydrogen) atoms. The Morgan fingerprint density at radius 2 is 2.18 bits per heavy atom. The summed E-state index contributed by atoms with van der Waals surface area (Å²) in [5.41, 5.74) is 7.95. The summed E-state index contributed by atoms with van der Waals surface area (Å²) in [6.07, 6.45) is 0.520. The topological polar surface area (TPSA) is 26.0 Å². The molecule has 1 aromatic carbocycles. The molecule has 0 aliphatic rings. The second kappa shape index (κ2) is 5.29. The van der Waals surface area contributed by atoms with Crippen LogP contribution in [0.4, 0.5) is 4.39 Å². The van der Waals surface area contributed by atoms with E-state index in [1.165, 1.54) is 11.6 Å². The Morgan fingerprint density at radius 1 is 1.41 bits per heavy atom. The molecule has 1 aromatic heterocycles. The molecule has 0 saturated heterocycles. The SMILES string of the molecule is Cc1ccsc1C(N)Cc1cc(Br)ccc1F. The molecule has 4 heteroatoms.